The lowest BCUT2D eigenvalue weighted by atomic mass is 10.00. The number of hydrogen-bond acceptors (Lipinski definition) is 6. The lowest BCUT2D eigenvalue weighted by Gasteiger charge is -2.15. The largest absolute Gasteiger partial charge is 0.502 e. The summed E-state index contributed by atoms with van der Waals surface area (Å²) in [6.07, 6.45) is 3.76. The molecule has 6 nitrogen and oxygen atoms in total. The summed E-state index contributed by atoms with van der Waals surface area (Å²) in [6.45, 7) is 2.54. The number of aromatic hydroxyl groups is 1. The van der Waals surface area contributed by atoms with E-state index in [-0.39, 0.29) is 5.76 Å². The van der Waals surface area contributed by atoms with E-state index in [0.29, 0.717) is 40.2 Å². The van der Waals surface area contributed by atoms with Crippen molar-refractivity contribution in [3.63, 3.8) is 0 Å². The van der Waals surface area contributed by atoms with E-state index < -0.39 is 11.2 Å². The number of rotatable bonds is 7. The molecule has 0 aliphatic heterocycles. The summed E-state index contributed by atoms with van der Waals surface area (Å²) in [4.78, 5) is 12.8. The minimum atomic E-state index is -0.508. The van der Waals surface area contributed by atoms with Crippen LogP contribution in [0.5, 0.6) is 23.0 Å². The van der Waals surface area contributed by atoms with Crippen molar-refractivity contribution in [3.8, 4) is 34.3 Å². The van der Waals surface area contributed by atoms with Gasteiger partial charge >= 0.3 is 0 Å². The molecule has 33 heavy (non-hydrogen) atoms. The summed E-state index contributed by atoms with van der Waals surface area (Å²) in [5, 5.41) is 11.1. The molecular weight excluding hydrogens is 420 g/mol. The molecule has 0 aliphatic rings. The predicted molar refractivity (Wildman–Crippen MR) is 129 cm³/mol. The first kappa shape index (κ1) is 22.0. The van der Waals surface area contributed by atoms with Gasteiger partial charge in [0, 0.05) is 6.07 Å². The van der Waals surface area contributed by atoms with E-state index >= 15 is 0 Å². The van der Waals surface area contributed by atoms with Crippen molar-refractivity contribution in [1.29, 1.82) is 0 Å². The van der Waals surface area contributed by atoms with Crippen LogP contribution < -0.4 is 19.6 Å². The van der Waals surface area contributed by atoms with E-state index in [2.05, 4.69) is 0 Å². The van der Waals surface area contributed by atoms with Gasteiger partial charge in [0.1, 0.15) is 22.8 Å². The van der Waals surface area contributed by atoms with Crippen molar-refractivity contribution in [2.75, 3.05) is 20.8 Å². The molecule has 0 atom stereocenters. The molecule has 0 saturated heterocycles. The predicted octanol–water partition coefficient (Wildman–Crippen LogP) is 5.75. The number of ether oxygens (including phenoxy) is 3. The maximum Gasteiger partial charge on any atom is 0.235 e. The Hall–Kier alpha value is -4.19. The third-order valence-corrected chi connectivity index (χ3v) is 5.21. The molecule has 0 unspecified atom stereocenters. The molecule has 6 heteroatoms. The average Bonchev–Trinajstić information content (AvgIpc) is 2.85. The average molecular weight is 444 g/mol. The lowest BCUT2D eigenvalue weighted by molar-refractivity contribution is 0.340. The van der Waals surface area contributed by atoms with E-state index in [9.17, 15) is 9.90 Å². The summed E-state index contributed by atoms with van der Waals surface area (Å²) in [5.74, 6) is 1.30. The van der Waals surface area contributed by atoms with Crippen LogP contribution in [0.4, 0.5) is 0 Å². The van der Waals surface area contributed by atoms with Crippen LogP contribution in [0.3, 0.4) is 0 Å². The zero-order chi connectivity index (χ0) is 23.4. The van der Waals surface area contributed by atoms with Crippen LogP contribution in [0.2, 0.25) is 0 Å². The highest BCUT2D eigenvalue weighted by Gasteiger charge is 2.22. The topological polar surface area (TPSA) is 78.1 Å². The molecule has 168 valence electrons. The van der Waals surface area contributed by atoms with Crippen molar-refractivity contribution < 1.29 is 23.7 Å². The van der Waals surface area contributed by atoms with Gasteiger partial charge in [-0.2, -0.15) is 0 Å². The Labute approximate surface area is 191 Å². The fourth-order valence-corrected chi connectivity index (χ4v) is 3.59. The molecule has 0 saturated carbocycles. The minimum Gasteiger partial charge on any atom is -0.502 e. The third-order valence-electron chi connectivity index (χ3n) is 5.21. The summed E-state index contributed by atoms with van der Waals surface area (Å²) >= 11 is 0. The van der Waals surface area contributed by atoms with E-state index in [1.54, 1.807) is 43.5 Å². The molecule has 4 aromatic rings. The second kappa shape index (κ2) is 9.53. The van der Waals surface area contributed by atoms with Gasteiger partial charge in [0.25, 0.3) is 0 Å². The van der Waals surface area contributed by atoms with Gasteiger partial charge in [0.2, 0.25) is 11.2 Å². The summed E-state index contributed by atoms with van der Waals surface area (Å²) in [5.41, 5.74) is 1.89. The third kappa shape index (κ3) is 4.41. The van der Waals surface area contributed by atoms with Gasteiger partial charge in [-0.1, -0.05) is 36.4 Å². The molecule has 0 aliphatic carbocycles. The van der Waals surface area contributed by atoms with E-state index in [0.717, 1.165) is 11.3 Å². The Morgan fingerprint density at radius 2 is 1.70 bits per heavy atom. The number of hydrogen-bond donors (Lipinski definition) is 1. The molecule has 1 aromatic heterocycles. The Morgan fingerprint density at radius 3 is 2.39 bits per heavy atom. The Balaban J connectivity index is 1.89. The highest BCUT2D eigenvalue weighted by Crippen LogP contribution is 2.42. The normalized spacial score (nSPS) is 11.1. The van der Waals surface area contributed by atoms with Crippen molar-refractivity contribution in [3.05, 3.63) is 82.0 Å². The molecule has 0 amide bonds. The van der Waals surface area contributed by atoms with Crippen LogP contribution in [0.25, 0.3) is 34.4 Å². The van der Waals surface area contributed by atoms with Crippen molar-refractivity contribution >= 4 is 23.1 Å². The van der Waals surface area contributed by atoms with Gasteiger partial charge in [0.15, 0.2) is 5.76 Å². The highest BCUT2D eigenvalue weighted by molar-refractivity contribution is 5.88. The van der Waals surface area contributed by atoms with Gasteiger partial charge in [0.05, 0.1) is 31.8 Å². The molecule has 0 radical (unpaired) electrons. The molecule has 0 spiro atoms. The van der Waals surface area contributed by atoms with Gasteiger partial charge < -0.3 is 23.7 Å². The minimum absolute atomic E-state index is 0.0320. The first-order valence-corrected chi connectivity index (χ1v) is 10.5. The first-order valence-electron chi connectivity index (χ1n) is 10.5. The van der Waals surface area contributed by atoms with E-state index in [4.69, 9.17) is 18.6 Å². The first-order chi connectivity index (χ1) is 16.0. The molecule has 0 bridgehead atoms. The fraction of sp³-hybridized carbons (Fsp3) is 0.148. The standard InChI is InChI=1S/C27H24O6/c1-4-32-19-13-10-17(11-14-19)9-12-18-15-20(30-2)16-23(31-3)24(18)27-26(29)25(28)21-7-5-6-8-22(21)33-27/h5-16,29H,4H2,1-3H3. The van der Waals surface area contributed by atoms with Crippen LogP contribution in [0.15, 0.2) is 69.9 Å². The zero-order valence-corrected chi connectivity index (χ0v) is 18.6. The maximum absolute atomic E-state index is 12.8. The molecule has 4 rings (SSSR count). The van der Waals surface area contributed by atoms with E-state index in [1.165, 1.54) is 7.11 Å². The Morgan fingerprint density at radius 1 is 0.939 bits per heavy atom. The zero-order valence-electron chi connectivity index (χ0n) is 18.6. The highest BCUT2D eigenvalue weighted by atomic mass is 16.5. The summed E-state index contributed by atoms with van der Waals surface area (Å²) < 4.78 is 22.5. The molecular formula is C27H24O6. The Bertz CT molecular complexity index is 1370. The summed E-state index contributed by atoms with van der Waals surface area (Å²) in [7, 11) is 3.07. The molecule has 0 fully saturated rings. The van der Waals surface area contributed by atoms with Crippen molar-refractivity contribution in [2.24, 2.45) is 0 Å². The number of benzene rings is 3. The SMILES string of the molecule is CCOc1ccc(C=Cc2cc(OC)cc(OC)c2-c2oc3ccccc3c(=O)c2O)cc1. The smallest absolute Gasteiger partial charge is 0.235 e. The van der Waals surface area contributed by atoms with Crippen LogP contribution in [-0.2, 0) is 0 Å². The monoisotopic (exact) mass is 444 g/mol. The van der Waals surface area contributed by atoms with Crippen LogP contribution in [-0.4, -0.2) is 25.9 Å². The quantitative estimate of drug-likeness (QED) is 0.366. The number of methoxy groups -OCH3 is 2. The van der Waals surface area contributed by atoms with Gasteiger partial charge in [-0.3, -0.25) is 4.79 Å². The molecule has 1 N–H and O–H groups in total. The van der Waals surface area contributed by atoms with Crippen molar-refractivity contribution in [2.45, 2.75) is 6.92 Å². The van der Waals surface area contributed by atoms with Crippen LogP contribution >= 0.6 is 0 Å². The molecule has 3 aromatic carbocycles. The second-order valence-corrected chi connectivity index (χ2v) is 7.23. The summed E-state index contributed by atoms with van der Waals surface area (Å²) in [6, 6.07) is 17.9. The number of fused-ring (bicyclic) bond motifs is 1. The number of para-hydroxylation sites is 1. The maximum atomic E-state index is 12.8. The Kier molecular flexibility index (Phi) is 6.36. The molecule has 1 heterocycles. The van der Waals surface area contributed by atoms with Gasteiger partial charge in [-0.25, -0.2) is 0 Å². The second-order valence-electron chi connectivity index (χ2n) is 7.23. The van der Waals surface area contributed by atoms with Crippen molar-refractivity contribution in [1.82, 2.24) is 0 Å². The van der Waals surface area contributed by atoms with Gasteiger partial charge in [-0.05, 0) is 48.4 Å². The van der Waals surface area contributed by atoms with Crippen LogP contribution in [0, 0.1) is 0 Å². The van der Waals surface area contributed by atoms with E-state index in [1.807, 2.05) is 43.3 Å². The fourth-order valence-electron chi connectivity index (χ4n) is 3.59. The van der Waals surface area contributed by atoms with Gasteiger partial charge in [-0.15, -0.1) is 0 Å². The lowest BCUT2D eigenvalue weighted by Crippen LogP contribution is -2.04. The van der Waals surface area contributed by atoms with Crippen LogP contribution in [0.1, 0.15) is 18.1 Å².